The molecule has 8 nitrogen and oxygen atoms in total. The summed E-state index contributed by atoms with van der Waals surface area (Å²) in [6.45, 7) is 0.260. The molecule has 0 radical (unpaired) electrons. The molecule has 27 heavy (non-hydrogen) atoms. The zero-order valence-electron chi connectivity index (χ0n) is 14.1. The van der Waals surface area contributed by atoms with Crippen LogP contribution >= 0.6 is 0 Å². The van der Waals surface area contributed by atoms with E-state index >= 15 is 0 Å². The predicted octanol–water partition coefficient (Wildman–Crippen LogP) is 1.48. The van der Waals surface area contributed by atoms with Gasteiger partial charge in [-0.15, -0.1) is 5.10 Å². The van der Waals surface area contributed by atoms with Crippen LogP contribution in [0.5, 0.6) is 0 Å². The van der Waals surface area contributed by atoms with Gasteiger partial charge < -0.3 is 10.3 Å². The smallest absolute Gasteiger partial charge is 0.328 e. The van der Waals surface area contributed by atoms with Gasteiger partial charge in [-0.1, -0.05) is 18.2 Å². The molecule has 0 unspecified atom stereocenters. The number of carbonyl (C=O) groups excluding carboxylic acids is 1. The molecule has 3 aromatic heterocycles. The Hall–Kier alpha value is -3.94. The number of anilines is 1. The number of aromatic amines is 1. The van der Waals surface area contributed by atoms with Crippen LogP contribution in [0.25, 0.3) is 5.65 Å². The molecule has 0 spiro atoms. The molecule has 0 aliphatic carbocycles. The first-order valence-corrected chi connectivity index (χ1v) is 8.24. The van der Waals surface area contributed by atoms with E-state index in [1.165, 1.54) is 21.3 Å². The Labute approximate surface area is 152 Å². The Kier molecular flexibility index (Phi) is 4.13. The summed E-state index contributed by atoms with van der Waals surface area (Å²) in [5.41, 5.74) is 1.21. The van der Waals surface area contributed by atoms with Crippen molar-refractivity contribution in [3.63, 3.8) is 0 Å². The zero-order valence-corrected chi connectivity index (χ0v) is 14.1. The van der Waals surface area contributed by atoms with Crippen LogP contribution in [0.4, 0.5) is 5.69 Å². The van der Waals surface area contributed by atoms with Gasteiger partial charge in [0.05, 0.1) is 6.54 Å². The van der Waals surface area contributed by atoms with E-state index in [1.807, 2.05) is 12.1 Å². The summed E-state index contributed by atoms with van der Waals surface area (Å²) >= 11 is 0. The molecule has 8 heteroatoms. The fourth-order valence-electron chi connectivity index (χ4n) is 2.79. The maximum atomic E-state index is 12.4. The first-order valence-electron chi connectivity index (χ1n) is 8.24. The summed E-state index contributed by atoms with van der Waals surface area (Å²) in [5, 5.41) is 6.99. The van der Waals surface area contributed by atoms with E-state index in [1.54, 1.807) is 42.6 Å². The second kappa shape index (κ2) is 6.75. The van der Waals surface area contributed by atoms with Crippen LogP contribution in [-0.4, -0.2) is 25.1 Å². The summed E-state index contributed by atoms with van der Waals surface area (Å²) < 4.78 is 2.82. The van der Waals surface area contributed by atoms with Gasteiger partial charge in [0.25, 0.3) is 11.5 Å². The molecule has 3 heterocycles. The van der Waals surface area contributed by atoms with Crippen molar-refractivity contribution in [3.8, 4) is 0 Å². The van der Waals surface area contributed by atoms with E-state index in [4.69, 9.17) is 0 Å². The van der Waals surface area contributed by atoms with Crippen molar-refractivity contribution in [3.05, 3.63) is 99.0 Å². The second-order valence-electron chi connectivity index (χ2n) is 5.94. The molecule has 0 bridgehead atoms. The topological polar surface area (TPSA) is 101 Å². The Morgan fingerprint density at radius 1 is 1.07 bits per heavy atom. The molecule has 0 saturated carbocycles. The maximum Gasteiger partial charge on any atom is 0.350 e. The minimum Gasteiger partial charge on any atom is -0.328 e. The summed E-state index contributed by atoms with van der Waals surface area (Å²) in [6, 6.07) is 15.4. The number of carbonyl (C=O) groups is 1. The number of nitrogens with zero attached hydrogens (tertiary/aromatic N) is 3. The average molecular weight is 361 g/mol. The Bertz CT molecular complexity index is 1250. The number of pyridine rings is 2. The number of nitrogens with one attached hydrogen (secondary N) is 2. The van der Waals surface area contributed by atoms with Crippen LogP contribution in [0.2, 0.25) is 0 Å². The Morgan fingerprint density at radius 3 is 2.78 bits per heavy atom. The summed E-state index contributed by atoms with van der Waals surface area (Å²) in [7, 11) is 0. The number of hydrogen-bond donors (Lipinski definition) is 2. The molecule has 0 aliphatic rings. The van der Waals surface area contributed by atoms with Gasteiger partial charge in [-0.05, 0) is 42.0 Å². The lowest BCUT2D eigenvalue weighted by Crippen LogP contribution is -2.23. The van der Waals surface area contributed by atoms with E-state index in [0.29, 0.717) is 11.3 Å². The molecule has 1 aromatic carbocycles. The van der Waals surface area contributed by atoms with Gasteiger partial charge in [0, 0.05) is 18.1 Å². The molecule has 2 N–H and O–H groups in total. The van der Waals surface area contributed by atoms with Crippen molar-refractivity contribution in [1.82, 2.24) is 19.2 Å². The van der Waals surface area contributed by atoms with Crippen molar-refractivity contribution in [2.45, 2.75) is 6.54 Å². The third-order valence-corrected chi connectivity index (χ3v) is 4.07. The van der Waals surface area contributed by atoms with Crippen LogP contribution in [-0.2, 0) is 6.54 Å². The molecule has 4 aromatic rings. The minimum absolute atomic E-state index is 0.0273. The monoisotopic (exact) mass is 361 g/mol. The number of amides is 1. The molecule has 4 rings (SSSR count). The first kappa shape index (κ1) is 16.5. The quantitative estimate of drug-likeness (QED) is 0.575. The number of aromatic nitrogens is 4. The van der Waals surface area contributed by atoms with Gasteiger partial charge in [0.2, 0.25) is 0 Å². The van der Waals surface area contributed by atoms with E-state index < -0.39 is 11.5 Å². The number of H-pyrrole nitrogens is 1. The largest absolute Gasteiger partial charge is 0.350 e. The molecule has 134 valence electrons. The highest BCUT2D eigenvalue weighted by molar-refractivity contribution is 6.03. The molecule has 0 saturated heterocycles. The van der Waals surface area contributed by atoms with Gasteiger partial charge in [0.1, 0.15) is 5.56 Å². The number of hydrogen-bond acceptors (Lipinski definition) is 4. The fraction of sp³-hybridized carbons (Fsp3) is 0.0526. The summed E-state index contributed by atoms with van der Waals surface area (Å²) in [6.07, 6.45) is 3.13. The number of fused-ring (bicyclic) bond motifs is 1. The van der Waals surface area contributed by atoms with E-state index in [9.17, 15) is 14.4 Å². The van der Waals surface area contributed by atoms with Crippen molar-refractivity contribution in [2.24, 2.45) is 0 Å². The lowest BCUT2D eigenvalue weighted by molar-refractivity contribution is 0.102. The molecular formula is C19H15N5O3. The van der Waals surface area contributed by atoms with Crippen LogP contribution in [0.15, 0.2) is 76.6 Å². The number of benzene rings is 1. The average Bonchev–Trinajstić information content (AvgIpc) is 2.98. The van der Waals surface area contributed by atoms with Gasteiger partial charge in [-0.25, -0.2) is 9.48 Å². The highest BCUT2D eigenvalue weighted by Gasteiger charge is 2.11. The van der Waals surface area contributed by atoms with Crippen LogP contribution in [0.3, 0.4) is 0 Å². The second-order valence-corrected chi connectivity index (χ2v) is 5.94. The van der Waals surface area contributed by atoms with Crippen LogP contribution < -0.4 is 16.6 Å². The van der Waals surface area contributed by atoms with Gasteiger partial charge in [-0.3, -0.25) is 14.0 Å². The third kappa shape index (κ3) is 3.28. The third-order valence-electron chi connectivity index (χ3n) is 4.07. The molecule has 0 fully saturated rings. The van der Waals surface area contributed by atoms with Crippen molar-refractivity contribution in [2.75, 3.05) is 5.32 Å². The summed E-state index contributed by atoms with van der Waals surface area (Å²) in [5.74, 6) is -0.501. The molecule has 0 atom stereocenters. The van der Waals surface area contributed by atoms with E-state index in [-0.39, 0.29) is 17.8 Å². The first-order chi connectivity index (χ1) is 13.1. The van der Waals surface area contributed by atoms with E-state index in [0.717, 1.165) is 5.56 Å². The standard InChI is InChI=1S/C19H15N5O3/c25-17-15(7-4-9-20-17)18(26)21-14-6-3-5-13(11-14)12-24-19(27)23-10-2-1-8-16(23)22-24/h1-11H,12H2,(H,20,25)(H,21,26). The van der Waals surface area contributed by atoms with E-state index in [2.05, 4.69) is 15.4 Å². The summed E-state index contributed by atoms with van der Waals surface area (Å²) in [4.78, 5) is 38.8. The highest BCUT2D eigenvalue weighted by Crippen LogP contribution is 2.12. The van der Waals surface area contributed by atoms with Gasteiger partial charge in [-0.2, -0.15) is 0 Å². The minimum atomic E-state index is -0.501. The molecular weight excluding hydrogens is 346 g/mol. The maximum absolute atomic E-state index is 12.4. The number of rotatable bonds is 4. The molecule has 1 amide bonds. The van der Waals surface area contributed by atoms with Crippen molar-refractivity contribution < 1.29 is 4.79 Å². The van der Waals surface area contributed by atoms with Gasteiger partial charge in [0.15, 0.2) is 5.65 Å². The normalized spacial score (nSPS) is 10.8. The van der Waals surface area contributed by atoms with Crippen LogP contribution in [0.1, 0.15) is 15.9 Å². The van der Waals surface area contributed by atoms with Crippen molar-refractivity contribution >= 4 is 17.2 Å². The predicted molar refractivity (Wildman–Crippen MR) is 100 cm³/mol. The van der Waals surface area contributed by atoms with Crippen LogP contribution in [0, 0.1) is 0 Å². The zero-order chi connectivity index (χ0) is 18.8. The molecule has 0 aliphatic heterocycles. The Morgan fingerprint density at radius 2 is 1.96 bits per heavy atom. The lowest BCUT2D eigenvalue weighted by Gasteiger charge is -2.07. The SMILES string of the molecule is O=C(Nc1cccc(Cn2nc3ccccn3c2=O)c1)c1ccc[nH]c1=O. The highest BCUT2D eigenvalue weighted by atomic mass is 16.2. The van der Waals surface area contributed by atoms with Gasteiger partial charge >= 0.3 is 5.69 Å². The Balaban J connectivity index is 1.58. The fourth-order valence-corrected chi connectivity index (χ4v) is 2.79. The van der Waals surface area contributed by atoms with Crippen molar-refractivity contribution in [1.29, 1.82) is 0 Å². The lowest BCUT2D eigenvalue weighted by atomic mass is 10.2.